The van der Waals surface area contributed by atoms with Crippen LogP contribution in [-0.4, -0.2) is 33.3 Å². The maximum atomic E-state index is 6.11. The number of nitrogens with zero attached hydrogens (tertiary/aromatic N) is 3. The van der Waals surface area contributed by atoms with E-state index in [2.05, 4.69) is 42.6 Å². The third kappa shape index (κ3) is 3.38. The van der Waals surface area contributed by atoms with Crippen molar-refractivity contribution >= 4 is 12.6 Å². The Morgan fingerprint density at radius 1 is 0.704 bits per heavy atom. The van der Waals surface area contributed by atoms with Gasteiger partial charge in [-0.3, -0.25) is 0 Å². The van der Waals surface area contributed by atoms with Crippen molar-refractivity contribution in [1.82, 2.24) is 15.0 Å². The van der Waals surface area contributed by atoms with Gasteiger partial charge in [0.25, 0.3) is 0 Å². The quantitative estimate of drug-likeness (QED) is 0.670. The predicted molar refractivity (Wildman–Crippen MR) is 106 cm³/mol. The summed E-state index contributed by atoms with van der Waals surface area (Å²) in [5.74, 6) is 1.31. The van der Waals surface area contributed by atoms with Gasteiger partial charge in [-0.2, -0.15) is 0 Å². The summed E-state index contributed by atoms with van der Waals surface area (Å²) in [6.45, 7) is 8.21. The Labute approximate surface area is 160 Å². The molecule has 0 amide bonds. The maximum absolute atomic E-state index is 6.11. The van der Waals surface area contributed by atoms with E-state index in [0.29, 0.717) is 11.6 Å². The van der Waals surface area contributed by atoms with Crippen molar-refractivity contribution in [2.45, 2.75) is 38.9 Å². The topological polar surface area (TPSA) is 57.1 Å². The number of benzene rings is 2. The third-order valence-electron chi connectivity index (χ3n) is 5.30. The number of hydrogen-bond donors (Lipinski definition) is 0. The molecule has 1 saturated heterocycles. The first-order valence-electron chi connectivity index (χ1n) is 9.06. The van der Waals surface area contributed by atoms with E-state index in [1.165, 1.54) is 0 Å². The molecule has 136 valence electrons. The van der Waals surface area contributed by atoms with Crippen molar-refractivity contribution in [3.8, 4) is 22.8 Å². The van der Waals surface area contributed by atoms with Crippen LogP contribution in [0.2, 0.25) is 0 Å². The van der Waals surface area contributed by atoms with Crippen LogP contribution >= 0.6 is 0 Å². The summed E-state index contributed by atoms with van der Waals surface area (Å²) in [4.78, 5) is 13.2. The minimum atomic E-state index is -0.373. The monoisotopic (exact) mass is 359 g/mol. The van der Waals surface area contributed by atoms with E-state index in [9.17, 15) is 0 Å². The molecule has 0 N–H and O–H groups in total. The number of rotatable bonds is 3. The molecule has 0 aliphatic carbocycles. The molecule has 27 heavy (non-hydrogen) atoms. The van der Waals surface area contributed by atoms with Gasteiger partial charge in [-0.05, 0) is 33.2 Å². The summed E-state index contributed by atoms with van der Waals surface area (Å²) in [7, 11) is -0.373. The van der Waals surface area contributed by atoms with E-state index in [0.717, 1.165) is 16.6 Å². The van der Waals surface area contributed by atoms with Crippen LogP contribution in [0.15, 0.2) is 60.9 Å². The first kappa shape index (κ1) is 17.8. The normalized spacial score (nSPS) is 17.9. The molecule has 0 radical (unpaired) electrons. The Kier molecular flexibility index (Phi) is 4.33. The van der Waals surface area contributed by atoms with Crippen LogP contribution in [0.1, 0.15) is 27.7 Å². The minimum Gasteiger partial charge on any atom is -0.399 e. The van der Waals surface area contributed by atoms with E-state index in [1.807, 2.05) is 54.6 Å². The van der Waals surface area contributed by atoms with E-state index in [-0.39, 0.29) is 18.3 Å². The van der Waals surface area contributed by atoms with Crippen molar-refractivity contribution in [2.75, 3.05) is 0 Å². The summed E-state index contributed by atoms with van der Waals surface area (Å²) in [6, 6.07) is 17.9. The summed E-state index contributed by atoms with van der Waals surface area (Å²) in [5.41, 5.74) is 2.17. The number of hydrogen-bond acceptors (Lipinski definition) is 5. The molecule has 4 rings (SSSR count). The Hall–Kier alpha value is -2.57. The molecule has 0 atom stereocenters. The van der Waals surface area contributed by atoms with E-state index >= 15 is 0 Å². The first-order chi connectivity index (χ1) is 12.9. The van der Waals surface area contributed by atoms with Gasteiger partial charge in [0.1, 0.15) is 6.33 Å². The Balaban J connectivity index is 1.59. The lowest BCUT2D eigenvalue weighted by Crippen LogP contribution is -2.41. The van der Waals surface area contributed by atoms with E-state index in [1.54, 1.807) is 6.33 Å². The highest BCUT2D eigenvalue weighted by atomic mass is 16.7. The number of aromatic nitrogens is 3. The second-order valence-electron chi connectivity index (χ2n) is 7.71. The van der Waals surface area contributed by atoms with E-state index in [4.69, 9.17) is 9.31 Å². The van der Waals surface area contributed by atoms with Crippen LogP contribution in [0.3, 0.4) is 0 Å². The first-order valence-corrected chi connectivity index (χ1v) is 9.06. The highest BCUT2D eigenvalue weighted by Gasteiger charge is 2.51. The largest absolute Gasteiger partial charge is 0.494 e. The molecule has 0 unspecified atom stereocenters. The van der Waals surface area contributed by atoms with Crippen molar-refractivity contribution in [3.05, 3.63) is 60.9 Å². The summed E-state index contributed by atoms with van der Waals surface area (Å²) >= 11 is 0. The Morgan fingerprint density at radius 3 is 1.78 bits per heavy atom. The van der Waals surface area contributed by atoms with Gasteiger partial charge in [0.15, 0.2) is 11.6 Å². The molecule has 1 aromatic heterocycles. The second-order valence-corrected chi connectivity index (χ2v) is 7.71. The average Bonchev–Trinajstić information content (AvgIpc) is 2.90. The average molecular weight is 359 g/mol. The zero-order valence-corrected chi connectivity index (χ0v) is 16.0. The molecule has 1 fully saturated rings. The van der Waals surface area contributed by atoms with Gasteiger partial charge in [0, 0.05) is 11.1 Å². The highest BCUT2D eigenvalue weighted by Crippen LogP contribution is 2.36. The fourth-order valence-corrected chi connectivity index (χ4v) is 2.93. The smallest absolute Gasteiger partial charge is 0.399 e. The van der Waals surface area contributed by atoms with Gasteiger partial charge in [-0.25, -0.2) is 15.0 Å². The summed E-state index contributed by atoms with van der Waals surface area (Å²) in [5, 5.41) is 0. The summed E-state index contributed by atoms with van der Waals surface area (Å²) < 4.78 is 12.2. The fourth-order valence-electron chi connectivity index (χ4n) is 2.93. The highest BCUT2D eigenvalue weighted by molar-refractivity contribution is 6.62. The van der Waals surface area contributed by atoms with Gasteiger partial charge in [0.2, 0.25) is 0 Å². The molecule has 0 spiro atoms. The van der Waals surface area contributed by atoms with Crippen molar-refractivity contribution in [3.63, 3.8) is 0 Å². The predicted octanol–water partition coefficient (Wildman–Crippen LogP) is 3.50. The molecular weight excluding hydrogens is 337 g/mol. The van der Waals surface area contributed by atoms with Gasteiger partial charge in [-0.15, -0.1) is 0 Å². The lowest BCUT2D eigenvalue weighted by atomic mass is 9.79. The van der Waals surface area contributed by atoms with Crippen LogP contribution < -0.4 is 5.46 Å². The van der Waals surface area contributed by atoms with Crippen LogP contribution in [-0.2, 0) is 9.31 Å². The zero-order valence-electron chi connectivity index (χ0n) is 16.0. The van der Waals surface area contributed by atoms with Crippen molar-refractivity contribution < 1.29 is 9.31 Å². The lowest BCUT2D eigenvalue weighted by Gasteiger charge is -2.32. The van der Waals surface area contributed by atoms with E-state index < -0.39 is 0 Å². The standard InChI is InChI=1S/C21H22BN3O2/c1-20(2)21(3,4)27-22(26-20)17-12-10-16(11-13-17)19-24-14-23-18(25-19)15-8-6-5-7-9-15/h5-14H,1-4H3. The molecule has 0 bridgehead atoms. The van der Waals surface area contributed by atoms with Crippen molar-refractivity contribution in [1.29, 1.82) is 0 Å². The molecule has 1 aliphatic heterocycles. The van der Waals surface area contributed by atoms with Gasteiger partial charge in [0.05, 0.1) is 11.2 Å². The SMILES string of the molecule is CC1(C)OB(c2ccc(-c3ncnc(-c4ccccc4)n3)cc2)OC1(C)C. The van der Waals surface area contributed by atoms with Gasteiger partial charge >= 0.3 is 7.12 Å². The van der Waals surface area contributed by atoms with Crippen LogP contribution in [0.25, 0.3) is 22.8 Å². The Bertz CT molecular complexity index is 927. The lowest BCUT2D eigenvalue weighted by molar-refractivity contribution is 0.00578. The molecule has 3 aromatic rings. The van der Waals surface area contributed by atoms with Gasteiger partial charge in [-0.1, -0.05) is 54.6 Å². The molecule has 5 nitrogen and oxygen atoms in total. The molecular formula is C21H22BN3O2. The maximum Gasteiger partial charge on any atom is 0.494 e. The summed E-state index contributed by atoms with van der Waals surface area (Å²) in [6.07, 6.45) is 1.55. The van der Waals surface area contributed by atoms with Gasteiger partial charge < -0.3 is 9.31 Å². The third-order valence-corrected chi connectivity index (χ3v) is 5.30. The fraction of sp³-hybridized carbons (Fsp3) is 0.286. The molecule has 6 heteroatoms. The molecule has 0 saturated carbocycles. The molecule has 1 aliphatic rings. The van der Waals surface area contributed by atoms with Crippen LogP contribution in [0, 0.1) is 0 Å². The van der Waals surface area contributed by atoms with Crippen LogP contribution in [0.5, 0.6) is 0 Å². The molecule has 2 heterocycles. The van der Waals surface area contributed by atoms with Crippen molar-refractivity contribution in [2.24, 2.45) is 0 Å². The zero-order chi connectivity index (χ0) is 19.1. The van der Waals surface area contributed by atoms with Crippen LogP contribution in [0.4, 0.5) is 0 Å². The Morgan fingerprint density at radius 2 is 1.22 bits per heavy atom. The second kappa shape index (κ2) is 6.55. The molecule has 2 aromatic carbocycles. The minimum absolute atomic E-state index is 0.352.